The van der Waals surface area contributed by atoms with Gasteiger partial charge in [-0.05, 0) is 31.8 Å². The summed E-state index contributed by atoms with van der Waals surface area (Å²) in [7, 11) is 0. The van der Waals surface area contributed by atoms with Crippen molar-refractivity contribution in [2.24, 2.45) is 11.8 Å². The van der Waals surface area contributed by atoms with Gasteiger partial charge in [0.15, 0.2) is 0 Å². The van der Waals surface area contributed by atoms with Crippen LogP contribution in [0.4, 0.5) is 13.2 Å². The van der Waals surface area contributed by atoms with Crippen LogP contribution in [0.2, 0.25) is 0 Å². The molecule has 1 saturated heterocycles. The molecule has 1 saturated carbocycles. The highest BCUT2D eigenvalue weighted by molar-refractivity contribution is 5.76. The zero-order valence-corrected chi connectivity index (χ0v) is 11.3. The highest BCUT2D eigenvalue weighted by atomic mass is 19.4. The molecule has 120 valence electrons. The van der Waals surface area contributed by atoms with Crippen LogP contribution in [0.3, 0.4) is 0 Å². The van der Waals surface area contributed by atoms with E-state index in [2.05, 4.69) is 0 Å². The number of esters is 1. The Bertz CT molecular complexity index is 408. The van der Waals surface area contributed by atoms with Gasteiger partial charge in [-0.1, -0.05) is 0 Å². The quantitative estimate of drug-likeness (QED) is 0.437. The molecule has 2 atom stereocenters. The van der Waals surface area contributed by atoms with E-state index in [0.29, 0.717) is 25.9 Å². The lowest BCUT2D eigenvalue weighted by atomic mass is 9.98. The highest BCUT2D eigenvalue weighted by Gasteiger charge is 2.54. The summed E-state index contributed by atoms with van der Waals surface area (Å²) in [5, 5.41) is 10.4. The Morgan fingerprint density at radius 2 is 1.95 bits per heavy atom. The predicted molar refractivity (Wildman–Crippen MR) is 65.1 cm³/mol. The van der Waals surface area contributed by atoms with Crippen molar-refractivity contribution in [1.82, 2.24) is 4.90 Å². The third-order valence-corrected chi connectivity index (χ3v) is 3.90. The molecule has 0 radical (unpaired) electrons. The van der Waals surface area contributed by atoms with Crippen LogP contribution in [-0.2, 0) is 9.53 Å². The molecule has 1 aliphatic carbocycles. The molecule has 2 unspecified atom stereocenters. The maximum absolute atomic E-state index is 12.2. The van der Waals surface area contributed by atoms with Gasteiger partial charge in [-0.3, -0.25) is 19.8 Å². The van der Waals surface area contributed by atoms with Crippen molar-refractivity contribution in [1.29, 1.82) is 0 Å². The molecule has 2 fully saturated rings. The number of carbonyl (C=O) groups excluding carboxylic acids is 1. The van der Waals surface area contributed by atoms with E-state index < -0.39 is 35.6 Å². The number of nitro groups is 1. The normalized spacial score (nSPS) is 27.4. The monoisotopic (exact) mass is 310 g/mol. The fraction of sp³-hybridized carbons (Fsp3) is 0.917. The highest BCUT2D eigenvalue weighted by Crippen LogP contribution is 2.34. The molecule has 2 aliphatic rings. The number of hydrogen-bond donors (Lipinski definition) is 0. The summed E-state index contributed by atoms with van der Waals surface area (Å²) in [4.78, 5) is 22.8. The Hall–Kier alpha value is -1.38. The van der Waals surface area contributed by atoms with Gasteiger partial charge in [0.1, 0.15) is 5.92 Å². The molecule has 1 aliphatic heterocycles. The first-order valence-corrected chi connectivity index (χ1v) is 6.85. The lowest BCUT2D eigenvalue weighted by molar-refractivity contribution is -0.497. The second-order valence-corrected chi connectivity index (χ2v) is 5.66. The third kappa shape index (κ3) is 4.83. The Morgan fingerprint density at radius 3 is 2.43 bits per heavy atom. The van der Waals surface area contributed by atoms with Crippen LogP contribution in [0, 0.1) is 22.0 Å². The van der Waals surface area contributed by atoms with Gasteiger partial charge >= 0.3 is 12.1 Å². The molecule has 0 spiro atoms. The van der Waals surface area contributed by atoms with Gasteiger partial charge in [0.2, 0.25) is 6.04 Å². The summed E-state index contributed by atoms with van der Waals surface area (Å²) in [6, 6.07) is -0.828. The van der Waals surface area contributed by atoms with Crippen LogP contribution in [0.15, 0.2) is 0 Å². The number of likely N-dealkylation sites (tertiary alicyclic amines) is 1. The Balaban J connectivity index is 1.63. The van der Waals surface area contributed by atoms with E-state index in [1.807, 2.05) is 0 Å². The third-order valence-electron chi connectivity index (χ3n) is 3.90. The van der Waals surface area contributed by atoms with E-state index in [-0.39, 0.29) is 18.9 Å². The minimum Gasteiger partial charge on any atom is -0.465 e. The van der Waals surface area contributed by atoms with Crippen LogP contribution in [0.1, 0.15) is 19.3 Å². The molecule has 0 aromatic carbocycles. The van der Waals surface area contributed by atoms with Crippen molar-refractivity contribution in [3.63, 3.8) is 0 Å². The van der Waals surface area contributed by atoms with Crippen LogP contribution in [-0.4, -0.2) is 54.3 Å². The molecule has 0 bridgehead atoms. The molecular weight excluding hydrogens is 293 g/mol. The van der Waals surface area contributed by atoms with E-state index in [9.17, 15) is 28.1 Å². The van der Waals surface area contributed by atoms with Gasteiger partial charge < -0.3 is 4.74 Å². The van der Waals surface area contributed by atoms with E-state index in [4.69, 9.17) is 4.74 Å². The number of nitrogens with zero attached hydrogens (tertiary/aromatic N) is 2. The molecule has 0 amide bonds. The van der Waals surface area contributed by atoms with Crippen molar-refractivity contribution in [2.45, 2.75) is 31.5 Å². The van der Waals surface area contributed by atoms with Crippen molar-refractivity contribution in [3.8, 4) is 0 Å². The van der Waals surface area contributed by atoms with E-state index in [0.717, 1.165) is 0 Å². The number of carbonyl (C=O) groups is 1. The largest absolute Gasteiger partial charge is 0.465 e. The molecule has 1 heterocycles. The van der Waals surface area contributed by atoms with Crippen LogP contribution >= 0.6 is 0 Å². The Labute approximate surface area is 119 Å². The summed E-state index contributed by atoms with van der Waals surface area (Å²) in [6.45, 7) is -0.128. The summed E-state index contributed by atoms with van der Waals surface area (Å²) in [6.07, 6.45) is -2.90. The lowest BCUT2D eigenvalue weighted by Gasteiger charge is -2.31. The van der Waals surface area contributed by atoms with Crippen molar-refractivity contribution >= 4 is 5.97 Å². The molecule has 0 N–H and O–H groups in total. The summed E-state index contributed by atoms with van der Waals surface area (Å²) < 4.78 is 41.7. The zero-order valence-electron chi connectivity index (χ0n) is 11.3. The van der Waals surface area contributed by atoms with Crippen molar-refractivity contribution < 1.29 is 27.6 Å². The summed E-state index contributed by atoms with van der Waals surface area (Å²) in [5.74, 6) is -1.18. The summed E-state index contributed by atoms with van der Waals surface area (Å²) in [5.41, 5.74) is 0. The van der Waals surface area contributed by atoms with E-state index >= 15 is 0 Å². The first kappa shape index (κ1) is 16.0. The number of alkyl halides is 3. The zero-order chi connectivity index (χ0) is 15.6. The first-order valence-electron chi connectivity index (χ1n) is 6.85. The molecular formula is C12H17F3N2O4. The van der Waals surface area contributed by atoms with Gasteiger partial charge in [0.05, 0.1) is 13.2 Å². The fourth-order valence-corrected chi connectivity index (χ4v) is 2.54. The molecule has 9 heteroatoms. The van der Waals surface area contributed by atoms with Gasteiger partial charge in [0, 0.05) is 11.3 Å². The standard InChI is InChI=1S/C12H17F3N2O4/c13-12(14,15)7-16-3-1-8(2-4-16)6-21-11(18)9-5-10(9)17(19)20/h8-10H,1-7H2. The second-order valence-electron chi connectivity index (χ2n) is 5.66. The molecule has 0 aromatic heterocycles. The minimum atomic E-state index is -4.19. The summed E-state index contributed by atoms with van der Waals surface area (Å²) >= 11 is 0. The van der Waals surface area contributed by atoms with Gasteiger partial charge in [-0.2, -0.15) is 13.2 Å². The van der Waals surface area contributed by atoms with Crippen LogP contribution in [0.5, 0.6) is 0 Å². The Kier molecular flexibility index (Phi) is 4.70. The van der Waals surface area contributed by atoms with Crippen LogP contribution in [0.25, 0.3) is 0 Å². The lowest BCUT2D eigenvalue weighted by Crippen LogP contribution is -2.41. The molecule has 2 rings (SSSR count). The maximum atomic E-state index is 12.2. The smallest absolute Gasteiger partial charge is 0.401 e. The maximum Gasteiger partial charge on any atom is 0.401 e. The minimum absolute atomic E-state index is 0.0336. The number of hydrogen-bond acceptors (Lipinski definition) is 5. The van der Waals surface area contributed by atoms with Gasteiger partial charge in [-0.15, -0.1) is 0 Å². The Morgan fingerprint density at radius 1 is 1.33 bits per heavy atom. The average molecular weight is 310 g/mol. The fourth-order valence-electron chi connectivity index (χ4n) is 2.54. The number of piperidine rings is 1. The van der Waals surface area contributed by atoms with Crippen LogP contribution < -0.4 is 0 Å². The van der Waals surface area contributed by atoms with Gasteiger partial charge in [0.25, 0.3) is 0 Å². The number of halogens is 3. The van der Waals surface area contributed by atoms with Crippen molar-refractivity contribution in [3.05, 3.63) is 10.1 Å². The van der Waals surface area contributed by atoms with Crippen molar-refractivity contribution in [2.75, 3.05) is 26.2 Å². The molecule has 6 nitrogen and oxygen atoms in total. The number of ether oxygens (including phenoxy) is 1. The SMILES string of the molecule is O=C(OCC1CCN(CC(F)(F)F)CC1)C1CC1[N+](=O)[O-]. The topological polar surface area (TPSA) is 72.7 Å². The average Bonchev–Trinajstić information content (AvgIpc) is 3.16. The number of rotatable bonds is 5. The van der Waals surface area contributed by atoms with E-state index in [1.54, 1.807) is 0 Å². The van der Waals surface area contributed by atoms with Gasteiger partial charge in [-0.25, -0.2) is 0 Å². The second kappa shape index (κ2) is 6.17. The predicted octanol–water partition coefficient (Wildman–Crippen LogP) is 1.47. The molecule has 21 heavy (non-hydrogen) atoms. The molecule has 0 aromatic rings. The van der Waals surface area contributed by atoms with E-state index in [1.165, 1.54) is 4.90 Å². The first-order chi connectivity index (χ1) is 9.76.